The summed E-state index contributed by atoms with van der Waals surface area (Å²) in [7, 11) is 0. The summed E-state index contributed by atoms with van der Waals surface area (Å²) < 4.78 is 1.69. The molecule has 1 aliphatic rings. The largest absolute Gasteiger partial charge is 0.351 e. The van der Waals surface area contributed by atoms with Crippen LogP contribution in [0.4, 0.5) is 0 Å². The summed E-state index contributed by atoms with van der Waals surface area (Å²) in [5, 5.41) is 7.78. The van der Waals surface area contributed by atoms with Crippen LogP contribution in [0.3, 0.4) is 0 Å². The minimum absolute atomic E-state index is 0.0504. The van der Waals surface area contributed by atoms with Crippen molar-refractivity contribution in [1.82, 2.24) is 30.9 Å². The monoisotopic (exact) mass is 382 g/mol. The molecule has 3 N–H and O–H groups in total. The lowest BCUT2D eigenvalue weighted by molar-refractivity contribution is -0.123. The molecule has 0 saturated carbocycles. The van der Waals surface area contributed by atoms with E-state index >= 15 is 0 Å². The van der Waals surface area contributed by atoms with Crippen molar-refractivity contribution in [2.24, 2.45) is 0 Å². The van der Waals surface area contributed by atoms with E-state index in [4.69, 9.17) is 11.6 Å². The van der Waals surface area contributed by atoms with Crippen molar-refractivity contribution in [3.05, 3.63) is 77.2 Å². The van der Waals surface area contributed by atoms with E-state index in [2.05, 4.69) is 26.3 Å². The van der Waals surface area contributed by atoms with Gasteiger partial charge >= 0.3 is 0 Å². The molecule has 2 unspecified atom stereocenters. The number of carbonyl (C=O) groups excluding carboxylic acids is 1. The molecule has 2 aromatic heterocycles. The number of benzene rings is 1. The molecule has 2 atom stereocenters. The zero-order valence-corrected chi connectivity index (χ0v) is 15.2. The number of hydrogen-bond acceptors (Lipinski definition) is 5. The highest BCUT2D eigenvalue weighted by Gasteiger charge is 2.29. The molecule has 1 amide bonds. The number of aromatic nitrogens is 3. The van der Waals surface area contributed by atoms with E-state index in [1.807, 2.05) is 48.7 Å². The molecule has 1 saturated heterocycles. The van der Waals surface area contributed by atoms with Crippen molar-refractivity contribution >= 4 is 17.5 Å². The zero-order valence-electron chi connectivity index (χ0n) is 14.5. The summed E-state index contributed by atoms with van der Waals surface area (Å²) in [5.74, 6) is 0.685. The number of nitrogens with one attached hydrogen (secondary N) is 3. The van der Waals surface area contributed by atoms with Crippen LogP contribution in [0.15, 0.2) is 61.1 Å². The quantitative estimate of drug-likeness (QED) is 0.629. The van der Waals surface area contributed by atoms with E-state index in [-0.39, 0.29) is 18.0 Å². The van der Waals surface area contributed by atoms with Gasteiger partial charge in [-0.25, -0.2) is 20.5 Å². The van der Waals surface area contributed by atoms with E-state index in [0.717, 1.165) is 16.9 Å². The average Bonchev–Trinajstić information content (AvgIpc) is 3.38. The number of pyridine rings is 1. The normalized spacial score (nSPS) is 19.1. The first kappa shape index (κ1) is 17.7. The zero-order chi connectivity index (χ0) is 18.6. The van der Waals surface area contributed by atoms with Gasteiger partial charge in [0, 0.05) is 36.2 Å². The molecular weight excluding hydrogens is 364 g/mol. The predicted octanol–water partition coefficient (Wildman–Crippen LogP) is 2.14. The van der Waals surface area contributed by atoms with Gasteiger partial charge in [0.1, 0.15) is 6.04 Å². The number of rotatable bonds is 5. The van der Waals surface area contributed by atoms with Gasteiger partial charge in [0.25, 0.3) is 0 Å². The van der Waals surface area contributed by atoms with Crippen molar-refractivity contribution < 1.29 is 4.79 Å². The molecule has 3 aromatic rings. The summed E-state index contributed by atoms with van der Waals surface area (Å²) in [6.07, 6.45) is 5.93. The van der Waals surface area contributed by atoms with Gasteiger partial charge in [-0.2, -0.15) is 5.10 Å². The fourth-order valence-corrected chi connectivity index (χ4v) is 3.24. The fourth-order valence-electron chi connectivity index (χ4n) is 3.04. The first-order valence-electron chi connectivity index (χ1n) is 8.68. The topological polar surface area (TPSA) is 83.9 Å². The summed E-state index contributed by atoms with van der Waals surface area (Å²) in [6.45, 7) is 0.422. The van der Waals surface area contributed by atoms with E-state index in [1.165, 1.54) is 0 Å². The van der Waals surface area contributed by atoms with Crippen LogP contribution in [-0.2, 0) is 11.3 Å². The van der Waals surface area contributed by atoms with Gasteiger partial charge in [0.2, 0.25) is 5.91 Å². The molecule has 138 valence electrons. The molecular formula is C19H19ClN6O. The Morgan fingerprint density at radius 2 is 2.19 bits per heavy atom. The predicted molar refractivity (Wildman–Crippen MR) is 102 cm³/mol. The van der Waals surface area contributed by atoms with Crippen molar-refractivity contribution in [2.75, 3.05) is 0 Å². The molecule has 1 fully saturated rings. The molecule has 27 heavy (non-hydrogen) atoms. The van der Waals surface area contributed by atoms with Gasteiger partial charge in [-0.15, -0.1) is 0 Å². The summed E-state index contributed by atoms with van der Waals surface area (Å²) in [5.41, 5.74) is 8.20. The minimum Gasteiger partial charge on any atom is -0.351 e. The van der Waals surface area contributed by atoms with Crippen LogP contribution >= 0.6 is 11.6 Å². The number of halogens is 1. The van der Waals surface area contributed by atoms with Crippen LogP contribution in [0, 0.1) is 0 Å². The Kier molecular flexibility index (Phi) is 5.15. The summed E-state index contributed by atoms with van der Waals surface area (Å²) in [6, 6.07) is 13.1. The highest BCUT2D eigenvalue weighted by Crippen LogP contribution is 2.24. The fraction of sp³-hybridized carbons (Fsp3) is 0.211. The Hall–Kier alpha value is -2.74. The van der Waals surface area contributed by atoms with Crippen LogP contribution < -0.4 is 16.2 Å². The smallest absolute Gasteiger partial charge is 0.238 e. The third-order valence-corrected chi connectivity index (χ3v) is 4.72. The van der Waals surface area contributed by atoms with Crippen molar-refractivity contribution in [1.29, 1.82) is 0 Å². The maximum Gasteiger partial charge on any atom is 0.238 e. The molecule has 1 aliphatic heterocycles. The summed E-state index contributed by atoms with van der Waals surface area (Å²) >= 11 is 6.04. The van der Waals surface area contributed by atoms with Gasteiger partial charge in [0.05, 0.1) is 0 Å². The molecule has 1 aromatic carbocycles. The van der Waals surface area contributed by atoms with E-state index in [0.29, 0.717) is 18.0 Å². The number of carbonyl (C=O) groups is 1. The molecule has 0 spiro atoms. The van der Waals surface area contributed by atoms with E-state index in [1.54, 1.807) is 17.1 Å². The minimum atomic E-state index is -0.301. The second-order valence-corrected chi connectivity index (χ2v) is 6.81. The van der Waals surface area contributed by atoms with Crippen molar-refractivity contribution in [3.63, 3.8) is 0 Å². The lowest BCUT2D eigenvalue weighted by Gasteiger charge is -2.11. The van der Waals surface area contributed by atoms with Crippen LogP contribution in [0.25, 0.3) is 5.82 Å². The number of amides is 1. The van der Waals surface area contributed by atoms with Gasteiger partial charge in [-0.05, 0) is 41.8 Å². The highest BCUT2D eigenvalue weighted by molar-refractivity contribution is 6.30. The summed E-state index contributed by atoms with van der Waals surface area (Å²) in [4.78, 5) is 16.8. The first-order valence-corrected chi connectivity index (χ1v) is 9.06. The van der Waals surface area contributed by atoms with Crippen LogP contribution in [0.2, 0.25) is 5.02 Å². The number of hydrogen-bond donors (Lipinski definition) is 3. The standard InChI is InChI=1S/C19H19ClN6O/c20-15-4-1-3-14(9-15)16-10-17(25-24-16)19(27)22-12-13-5-6-18(21-11-13)26-8-2-7-23-26/h1-9,11,16-17,24-25H,10,12H2,(H,22,27). The van der Waals surface area contributed by atoms with Gasteiger partial charge in [-0.3, -0.25) is 4.79 Å². The van der Waals surface area contributed by atoms with E-state index < -0.39 is 0 Å². The van der Waals surface area contributed by atoms with Gasteiger partial charge in [0.15, 0.2) is 5.82 Å². The Labute approximate surface area is 161 Å². The Balaban J connectivity index is 1.31. The van der Waals surface area contributed by atoms with Crippen LogP contribution in [-0.4, -0.2) is 26.7 Å². The second-order valence-electron chi connectivity index (χ2n) is 6.38. The Bertz CT molecular complexity index is 912. The molecule has 0 radical (unpaired) electrons. The molecule has 8 heteroatoms. The highest BCUT2D eigenvalue weighted by atomic mass is 35.5. The van der Waals surface area contributed by atoms with Crippen LogP contribution in [0.1, 0.15) is 23.6 Å². The van der Waals surface area contributed by atoms with Crippen molar-refractivity contribution in [2.45, 2.75) is 25.0 Å². The maximum atomic E-state index is 12.4. The first-order chi connectivity index (χ1) is 13.2. The van der Waals surface area contributed by atoms with E-state index in [9.17, 15) is 4.79 Å². The van der Waals surface area contributed by atoms with Crippen molar-refractivity contribution in [3.8, 4) is 5.82 Å². The van der Waals surface area contributed by atoms with Gasteiger partial charge < -0.3 is 5.32 Å². The molecule has 0 bridgehead atoms. The second kappa shape index (κ2) is 7.87. The number of hydrazine groups is 1. The molecule has 4 rings (SSSR count). The molecule has 7 nitrogen and oxygen atoms in total. The third-order valence-electron chi connectivity index (χ3n) is 4.49. The maximum absolute atomic E-state index is 12.4. The third kappa shape index (κ3) is 4.16. The number of nitrogens with zero attached hydrogens (tertiary/aromatic N) is 3. The van der Waals surface area contributed by atoms with Gasteiger partial charge in [-0.1, -0.05) is 29.8 Å². The lowest BCUT2D eigenvalue weighted by Crippen LogP contribution is -2.42. The van der Waals surface area contributed by atoms with Crippen LogP contribution in [0.5, 0.6) is 0 Å². The lowest BCUT2D eigenvalue weighted by atomic mass is 10.0. The molecule has 3 heterocycles. The molecule has 0 aliphatic carbocycles. The SMILES string of the molecule is O=C(NCc1ccc(-n2cccn2)nc1)C1CC(c2cccc(Cl)c2)NN1. The Morgan fingerprint density at radius 3 is 2.93 bits per heavy atom. The Morgan fingerprint density at radius 1 is 1.26 bits per heavy atom. The average molecular weight is 383 g/mol.